The van der Waals surface area contributed by atoms with Gasteiger partial charge in [-0.1, -0.05) is 53.5 Å². The van der Waals surface area contributed by atoms with Crippen molar-refractivity contribution in [2.75, 3.05) is 13.1 Å². The van der Waals surface area contributed by atoms with Crippen LogP contribution in [0.1, 0.15) is 34.2 Å². The van der Waals surface area contributed by atoms with E-state index >= 15 is 0 Å². The zero-order chi connectivity index (χ0) is 21.3. The quantitative estimate of drug-likeness (QED) is 0.409. The number of likely N-dealkylation sites (tertiary alicyclic amines) is 1. The Hall–Kier alpha value is -2.20. The molecule has 0 spiro atoms. The van der Waals surface area contributed by atoms with Crippen molar-refractivity contribution >= 4 is 29.5 Å². The van der Waals surface area contributed by atoms with Crippen molar-refractivity contribution in [1.29, 1.82) is 0 Å². The highest BCUT2D eigenvalue weighted by molar-refractivity contribution is 6.30. The first kappa shape index (κ1) is 21.0. The highest BCUT2D eigenvalue weighted by Crippen LogP contribution is 2.39. The van der Waals surface area contributed by atoms with Gasteiger partial charge in [-0.2, -0.15) is 0 Å². The standard InChI is InChI=1S/C25H22Cl2FNO/c1-16-10-19(12-23(28)11-16)24(15-30)20-13-29(14-20)25(17-2-6-21(26)7-3-17)18-4-8-22(27)9-5-18/h2-12,15,20,24-25H,13-14H2,1H3. The van der Waals surface area contributed by atoms with E-state index in [9.17, 15) is 9.18 Å². The first-order chi connectivity index (χ1) is 14.4. The van der Waals surface area contributed by atoms with Crippen molar-refractivity contribution < 1.29 is 9.18 Å². The number of halogens is 3. The highest BCUT2D eigenvalue weighted by atomic mass is 35.5. The molecule has 1 unspecified atom stereocenters. The zero-order valence-corrected chi connectivity index (χ0v) is 18.1. The number of hydrogen-bond donors (Lipinski definition) is 0. The molecule has 1 atom stereocenters. The minimum Gasteiger partial charge on any atom is -0.303 e. The average Bonchev–Trinajstić information content (AvgIpc) is 2.68. The van der Waals surface area contributed by atoms with Crippen LogP contribution in [0.3, 0.4) is 0 Å². The molecule has 2 nitrogen and oxygen atoms in total. The topological polar surface area (TPSA) is 20.3 Å². The lowest BCUT2D eigenvalue weighted by Crippen LogP contribution is -2.51. The van der Waals surface area contributed by atoms with Crippen LogP contribution in [0.15, 0.2) is 66.7 Å². The van der Waals surface area contributed by atoms with Crippen LogP contribution in [0.4, 0.5) is 4.39 Å². The summed E-state index contributed by atoms with van der Waals surface area (Å²) in [5, 5.41) is 1.38. The molecule has 3 aromatic carbocycles. The Bertz CT molecular complexity index is 964. The Morgan fingerprint density at radius 2 is 1.43 bits per heavy atom. The number of nitrogens with zero attached hydrogens (tertiary/aromatic N) is 1. The number of carbonyl (C=O) groups is 1. The zero-order valence-electron chi connectivity index (χ0n) is 16.6. The third-order valence-corrected chi connectivity index (χ3v) is 6.28. The normalized spacial score (nSPS) is 15.8. The smallest absolute Gasteiger partial charge is 0.127 e. The first-order valence-electron chi connectivity index (χ1n) is 9.92. The molecule has 1 saturated heterocycles. The molecule has 0 amide bonds. The molecule has 0 aliphatic carbocycles. The fourth-order valence-electron chi connectivity index (χ4n) is 4.31. The van der Waals surface area contributed by atoms with Gasteiger partial charge in [-0.05, 0) is 71.5 Å². The van der Waals surface area contributed by atoms with Gasteiger partial charge in [-0.15, -0.1) is 0 Å². The predicted octanol–water partition coefficient (Wildman–Crippen LogP) is 6.44. The largest absolute Gasteiger partial charge is 0.303 e. The van der Waals surface area contributed by atoms with E-state index in [4.69, 9.17) is 23.2 Å². The lowest BCUT2D eigenvalue weighted by Gasteiger charge is -2.47. The van der Waals surface area contributed by atoms with Gasteiger partial charge in [-0.25, -0.2) is 4.39 Å². The van der Waals surface area contributed by atoms with Gasteiger partial charge in [0.05, 0.1) is 6.04 Å². The van der Waals surface area contributed by atoms with E-state index in [0.717, 1.165) is 41.6 Å². The van der Waals surface area contributed by atoms with Crippen LogP contribution in [0.25, 0.3) is 0 Å². The van der Waals surface area contributed by atoms with Gasteiger partial charge in [0, 0.05) is 29.1 Å². The molecule has 1 aliphatic rings. The summed E-state index contributed by atoms with van der Waals surface area (Å²) in [7, 11) is 0. The lowest BCUT2D eigenvalue weighted by molar-refractivity contribution is -0.112. The van der Waals surface area contributed by atoms with Crippen molar-refractivity contribution in [3.8, 4) is 0 Å². The Labute approximate surface area is 186 Å². The third-order valence-electron chi connectivity index (χ3n) is 5.78. The first-order valence-corrected chi connectivity index (χ1v) is 10.7. The summed E-state index contributed by atoms with van der Waals surface area (Å²) < 4.78 is 13.9. The Balaban J connectivity index is 1.58. The average molecular weight is 442 g/mol. The molecule has 1 heterocycles. The summed E-state index contributed by atoms with van der Waals surface area (Å²) in [5.74, 6) is -0.467. The van der Waals surface area contributed by atoms with Gasteiger partial charge >= 0.3 is 0 Å². The molecule has 0 bridgehead atoms. The molecular weight excluding hydrogens is 420 g/mol. The summed E-state index contributed by atoms with van der Waals surface area (Å²) in [4.78, 5) is 14.2. The van der Waals surface area contributed by atoms with Gasteiger partial charge in [0.25, 0.3) is 0 Å². The summed E-state index contributed by atoms with van der Waals surface area (Å²) >= 11 is 12.2. The van der Waals surface area contributed by atoms with Gasteiger partial charge in [-0.3, -0.25) is 4.90 Å². The van der Waals surface area contributed by atoms with E-state index < -0.39 is 0 Å². The minimum atomic E-state index is -0.313. The number of aryl methyl sites for hydroxylation is 1. The van der Waals surface area contributed by atoms with Crippen molar-refractivity contribution in [3.05, 3.63) is 105 Å². The molecule has 1 fully saturated rings. The second kappa shape index (κ2) is 8.89. The SMILES string of the molecule is Cc1cc(F)cc(C(C=O)C2CN(C(c3ccc(Cl)cc3)c3ccc(Cl)cc3)C2)c1. The van der Waals surface area contributed by atoms with E-state index in [-0.39, 0.29) is 23.7 Å². The van der Waals surface area contributed by atoms with E-state index in [1.807, 2.05) is 61.5 Å². The molecule has 3 aromatic rings. The molecule has 4 rings (SSSR count). The fourth-order valence-corrected chi connectivity index (χ4v) is 4.56. The number of rotatable bonds is 6. The van der Waals surface area contributed by atoms with Crippen molar-refractivity contribution in [2.45, 2.75) is 18.9 Å². The predicted molar refractivity (Wildman–Crippen MR) is 120 cm³/mol. The molecule has 154 valence electrons. The maximum absolute atomic E-state index is 13.9. The van der Waals surface area contributed by atoms with Gasteiger partial charge in [0.15, 0.2) is 0 Å². The molecule has 0 N–H and O–H groups in total. The van der Waals surface area contributed by atoms with Gasteiger partial charge in [0.2, 0.25) is 0 Å². The second-order valence-electron chi connectivity index (χ2n) is 7.94. The summed E-state index contributed by atoms with van der Waals surface area (Å²) in [6, 6.07) is 20.6. The summed E-state index contributed by atoms with van der Waals surface area (Å²) in [6.07, 6.45) is 0.954. The summed E-state index contributed by atoms with van der Waals surface area (Å²) in [6.45, 7) is 3.34. The van der Waals surface area contributed by atoms with E-state index in [1.54, 1.807) is 0 Å². The van der Waals surface area contributed by atoms with Crippen molar-refractivity contribution in [3.63, 3.8) is 0 Å². The Morgan fingerprint density at radius 3 is 1.90 bits per heavy atom. The number of aldehydes is 1. The molecule has 0 aromatic heterocycles. The van der Waals surface area contributed by atoms with Crippen LogP contribution in [0.2, 0.25) is 10.0 Å². The highest BCUT2D eigenvalue weighted by Gasteiger charge is 2.39. The number of carbonyl (C=O) groups excluding carboxylic acids is 1. The molecule has 5 heteroatoms. The van der Waals surface area contributed by atoms with Crippen LogP contribution < -0.4 is 0 Å². The molecule has 1 aliphatic heterocycles. The summed E-state index contributed by atoms with van der Waals surface area (Å²) in [5.41, 5.74) is 3.84. The molecule has 30 heavy (non-hydrogen) atoms. The fraction of sp³-hybridized carbons (Fsp3) is 0.240. The van der Waals surface area contributed by atoms with Gasteiger partial charge < -0.3 is 4.79 Å². The Morgan fingerprint density at radius 1 is 0.900 bits per heavy atom. The van der Waals surface area contributed by atoms with Crippen LogP contribution in [0, 0.1) is 18.7 Å². The van der Waals surface area contributed by atoms with Gasteiger partial charge in [0.1, 0.15) is 12.1 Å². The monoisotopic (exact) mass is 441 g/mol. The number of benzene rings is 3. The van der Waals surface area contributed by atoms with Crippen LogP contribution in [-0.2, 0) is 4.79 Å². The molecular formula is C25H22Cl2FNO. The second-order valence-corrected chi connectivity index (χ2v) is 8.82. The maximum atomic E-state index is 13.9. The van der Waals surface area contributed by atoms with E-state index in [1.165, 1.54) is 12.1 Å². The van der Waals surface area contributed by atoms with Crippen molar-refractivity contribution in [1.82, 2.24) is 4.90 Å². The van der Waals surface area contributed by atoms with E-state index in [2.05, 4.69) is 4.90 Å². The number of hydrogen-bond acceptors (Lipinski definition) is 2. The molecule has 0 radical (unpaired) electrons. The third kappa shape index (κ3) is 4.44. The Kier molecular flexibility index (Phi) is 6.24. The van der Waals surface area contributed by atoms with Crippen molar-refractivity contribution in [2.24, 2.45) is 5.92 Å². The maximum Gasteiger partial charge on any atom is 0.127 e. The van der Waals surface area contributed by atoms with Crippen LogP contribution in [-0.4, -0.2) is 24.3 Å². The van der Waals surface area contributed by atoms with Crippen LogP contribution in [0.5, 0.6) is 0 Å². The van der Waals surface area contributed by atoms with Crippen LogP contribution >= 0.6 is 23.2 Å². The van der Waals surface area contributed by atoms with E-state index in [0.29, 0.717) is 10.0 Å². The molecule has 0 saturated carbocycles. The lowest BCUT2D eigenvalue weighted by atomic mass is 9.79. The minimum absolute atomic E-state index is 0.0392.